The lowest BCUT2D eigenvalue weighted by molar-refractivity contribution is 0.186. The van der Waals surface area contributed by atoms with Crippen molar-refractivity contribution in [3.05, 3.63) is 0 Å². The van der Waals surface area contributed by atoms with Crippen LogP contribution in [0.5, 0.6) is 0 Å². The molecule has 0 fully saturated rings. The van der Waals surface area contributed by atoms with Gasteiger partial charge in [0.1, 0.15) is 0 Å². The van der Waals surface area contributed by atoms with Gasteiger partial charge in [-0.25, -0.2) is 4.67 Å². The Balaban J connectivity index is 3.97. The van der Waals surface area contributed by atoms with Gasteiger partial charge in [-0.3, -0.25) is 0 Å². The highest BCUT2D eigenvalue weighted by molar-refractivity contribution is 7.44. The smallest absolute Gasteiger partial charge is 0.258 e. The van der Waals surface area contributed by atoms with E-state index in [1.54, 1.807) is 0 Å². The highest BCUT2D eigenvalue weighted by Crippen LogP contribution is 2.42. The summed E-state index contributed by atoms with van der Waals surface area (Å²) < 4.78 is 19.7. The summed E-state index contributed by atoms with van der Waals surface area (Å²) in [5.74, 6) is 0. The van der Waals surface area contributed by atoms with Crippen LogP contribution in [0.4, 0.5) is 0 Å². The number of aliphatic hydroxyl groups excluding tert-OH is 1. The lowest BCUT2D eigenvalue weighted by atomic mass is 10.4. The summed E-state index contributed by atoms with van der Waals surface area (Å²) in [6.45, 7) is 5.34. The Labute approximate surface area is 100 Å². The van der Waals surface area contributed by atoms with Crippen LogP contribution in [0.15, 0.2) is 0 Å². The van der Waals surface area contributed by atoms with Crippen LogP contribution in [0.3, 0.4) is 0 Å². The normalized spacial score (nSPS) is 13.9. The molecular formula is C10H21N2O3P. The standard InChI is InChI=1S/C10H21N2O3P/c1-10(2)12(3)16(14-8-4-6-11)15-9-5-7-13/h10,13H,4-5,7-9H2,1-3H3/i13D. The number of hydrogen-bond donors (Lipinski definition) is 1. The number of aliphatic hydroxyl groups is 1. The Morgan fingerprint density at radius 1 is 1.50 bits per heavy atom. The third kappa shape index (κ3) is 7.10. The summed E-state index contributed by atoms with van der Waals surface area (Å²) in [4.78, 5) is 0. The Morgan fingerprint density at radius 3 is 2.75 bits per heavy atom. The van der Waals surface area contributed by atoms with E-state index >= 15 is 0 Å². The molecule has 0 aliphatic heterocycles. The minimum Gasteiger partial charge on any atom is -0.396 e. The molecule has 0 saturated heterocycles. The molecule has 0 radical (unpaired) electrons. The number of nitriles is 1. The molecule has 5 nitrogen and oxygen atoms in total. The maximum absolute atomic E-state index is 8.46. The van der Waals surface area contributed by atoms with Crippen molar-refractivity contribution in [2.24, 2.45) is 0 Å². The lowest BCUT2D eigenvalue weighted by Gasteiger charge is -2.28. The van der Waals surface area contributed by atoms with Crippen LogP contribution in [-0.2, 0) is 9.05 Å². The first-order valence-electron chi connectivity index (χ1n) is 5.78. The van der Waals surface area contributed by atoms with Crippen LogP contribution in [0.25, 0.3) is 0 Å². The molecule has 94 valence electrons. The van der Waals surface area contributed by atoms with Crippen LogP contribution in [-0.4, -0.2) is 44.1 Å². The zero-order valence-electron chi connectivity index (χ0n) is 11.2. The van der Waals surface area contributed by atoms with Crippen molar-refractivity contribution >= 4 is 8.53 Å². The van der Waals surface area contributed by atoms with Crippen molar-refractivity contribution in [3.8, 4) is 6.07 Å². The van der Waals surface area contributed by atoms with Crippen molar-refractivity contribution in [3.63, 3.8) is 0 Å². The van der Waals surface area contributed by atoms with Crippen molar-refractivity contribution in [1.29, 1.82) is 6.69 Å². The fraction of sp³-hybridized carbons (Fsp3) is 0.900. The molecule has 0 amide bonds. The average Bonchev–Trinajstić information content (AvgIpc) is 2.31. The highest BCUT2D eigenvalue weighted by atomic mass is 31.2. The summed E-state index contributed by atoms with van der Waals surface area (Å²) >= 11 is 0. The van der Waals surface area contributed by atoms with E-state index in [-0.39, 0.29) is 0 Å². The number of nitrogens with zero attached hydrogens (tertiary/aromatic N) is 2. The second-order valence-corrected chi connectivity index (χ2v) is 5.16. The third-order valence-corrected chi connectivity index (χ3v) is 3.69. The molecule has 1 atom stereocenters. The molecule has 0 aliphatic rings. The lowest BCUT2D eigenvalue weighted by Crippen LogP contribution is -2.23. The fourth-order valence-corrected chi connectivity index (χ4v) is 2.13. The van der Waals surface area contributed by atoms with Crippen molar-refractivity contribution in [1.82, 2.24) is 4.67 Å². The summed E-state index contributed by atoms with van der Waals surface area (Å²) in [6, 6.07) is 2.35. The van der Waals surface area contributed by atoms with Gasteiger partial charge in [0.25, 0.3) is 8.53 Å². The number of hydrogen-bond acceptors (Lipinski definition) is 5. The van der Waals surface area contributed by atoms with Gasteiger partial charge in [0, 0.05) is 12.6 Å². The average molecular weight is 249 g/mol. The Bertz CT molecular complexity index is 226. The van der Waals surface area contributed by atoms with E-state index in [0.717, 1.165) is 0 Å². The Morgan fingerprint density at radius 2 is 2.19 bits per heavy atom. The molecule has 0 aromatic rings. The van der Waals surface area contributed by atoms with Crippen LogP contribution >= 0.6 is 8.53 Å². The maximum Gasteiger partial charge on any atom is 0.258 e. The topological polar surface area (TPSA) is 65.7 Å². The van der Waals surface area contributed by atoms with Gasteiger partial charge in [-0.15, -0.1) is 0 Å². The summed E-state index contributed by atoms with van der Waals surface area (Å²) in [5.41, 5.74) is 0. The van der Waals surface area contributed by atoms with Gasteiger partial charge in [-0.2, -0.15) is 5.26 Å². The van der Waals surface area contributed by atoms with Crippen LogP contribution < -0.4 is 0 Å². The maximum atomic E-state index is 8.46. The molecule has 0 aromatic carbocycles. The zero-order chi connectivity index (χ0) is 13.1. The Kier molecular flexibility index (Phi) is 8.60. The molecule has 1 N–H and O–H groups in total. The van der Waals surface area contributed by atoms with E-state index in [9.17, 15) is 0 Å². The van der Waals surface area contributed by atoms with Crippen LogP contribution in [0.2, 0.25) is 0 Å². The van der Waals surface area contributed by atoms with E-state index in [2.05, 4.69) is 19.0 Å². The number of rotatable bonds is 10. The molecule has 0 rings (SSSR count). The summed E-state index contributed by atoms with van der Waals surface area (Å²) in [6.07, 6.45) is 1.03. The van der Waals surface area contributed by atoms with Crippen molar-refractivity contribution in [2.75, 3.05) is 26.9 Å². The molecule has 6 heteroatoms. The quantitative estimate of drug-likeness (QED) is 0.473. The molecule has 0 aromatic heterocycles. The molecule has 0 spiro atoms. The van der Waals surface area contributed by atoms with Gasteiger partial charge in [0.05, 0.1) is 25.7 Å². The summed E-state index contributed by atoms with van der Waals surface area (Å²) in [5, 5.41) is 12.7. The molecule has 0 bridgehead atoms. The molecule has 0 aliphatic carbocycles. The predicted molar refractivity (Wildman–Crippen MR) is 63.7 cm³/mol. The molecule has 16 heavy (non-hydrogen) atoms. The monoisotopic (exact) mass is 249 g/mol. The first-order valence-corrected chi connectivity index (χ1v) is 6.50. The fourth-order valence-electron chi connectivity index (χ4n) is 0.779. The summed E-state index contributed by atoms with van der Waals surface area (Å²) in [7, 11) is 0.810. The SMILES string of the molecule is [2H]OCCCOP(OCCC#N)N(C)C(C)C. The van der Waals surface area contributed by atoms with Crippen molar-refractivity contribution in [2.45, 2.75) is 32.7 Å². The van der Waals surface area contributed by atoms with Gasteiger partial charge in [-0.05, 0) is 27.3 Å². The van der Waals surface area contributed by atoms with E-state index < -0.39 is 8.53 Å². The second kappa shape index (κ2) is 9.95. The van der Waals surface area contributed by atoms with Crippen molar-refractivity contribution < 1.29 is 14.2 Å². The highest BCUT2D eigenvalue weighted by Gasteiger charge is 2.19. The molecule has 0 saturated carbocycles. The van der Waals surface area contributed by atoms with Gasteiger partial charge < -0.3 is 14.2 Å². The largest absolute Gasteiger partial charge is 0.396 e. The van der Waals surface area contributed by atoms with E-state index in [0.29, 0.717) is 38.7 Å². The van der Waals surface area contributed by atoms with Crippen LogP contribution in [0, 0.1) is 11.3 Å². The van der Waals surface area contributed by atoms with Gasteiger partial charge in [0.15, 0.2) is 0 Å². The van der Waals surface area contributed by atoms with Gasteiger partial charge in [0.2, 0.25) is 1.43 Å². The molecular weight excluding hydrogens is 227 g/mol. The Hall–Kier alpha value is -0.240. The molecule has 1 unspecified atom stereocenters. The first kappa shape index (κ1) is 13.8. The van der Waals surface area contributed by atoms with E-state index in [4.69, 9.17) is 15.7 Å². The third-order valence-electron chi connectivity index (χ3n) is 1.91. The minimum atomic E-state index is -1.12. The van der Waals surface area contributed by atoms with E-state index in [1.807, 2.05) is 17.8 Å². The van der Waals surface area contributed by atoms with Crippen LogP contribution in [0.1, 0.15) is 26.7 Å². The first-order chi connectivity index (χ1) is 8.13. The van der Waals surface area contributed by atoms with E-state index in [1.165, 1.54) is 0 Å². The molecule has 0 heterocycles. The minimum absolute atomic E-state index is 0.315. The van der Waals surface area contributed by atoms with Gasteiger partial charge in [-0.1, -0.05) is 0 Å². The predicted octanol–water partition coefficient (Wildman–Crippen LogP) is 1.88. The van der Waals surface area contributed by atoms with Gasteiger partial charge >= 0.3 is 0 Å². The second-order valence-electron chi connectivity index (χ2n) is 3.54. The zero-order valence-corrected chi connectivity index (χ0v) is 11.1.